The Morgan fingerprint density at radius 2 is 2.09 bits per heavy atom. The quantitative estimate of drug-likeness (QED) is 0.922. The van der Waals surface area contributed by atoms with Crippen molar-refractivity contribution >= 4 is 23.5 Å². The van der Waals surface area contributed by atoms with E-state index in [2.05, 4.69) is 24.1 Å². The molecule has 0 spiro atoms. The van der Waals surface area contributed by atoms with Gasteiger partial charge in [-0.2, -0.15) is 13.8 Å². The van der Waals surface area contributed by atoms with Crippen molar-refractivity contribution in [1.82, 2.24) is 23.8 Å². The van der Waals surface area contributed by atoms with E-state index < -0.39 is 0 Å². The van der Waals surface area contributed by atoms with Crippen LogP contribution in [0, 0.1) is 13.8 Å². The van der Waals surface area contributed by atoms with E-state index in [0.717, 1.165) is 43.1 Å². The molecule has 0 aliphatic carbocycles. The fraction of sp³-hybridized carbons (Fsp3) is 0.571. The summed E-state index contributed by atoms with van der Waals surface area (Å²) < 4.78 is 10.0. The molecule has 1 aliphatic rings. The number of aromatic nitrogens is 4. The number of rotatable bonds is 3. The number of hydrogen-bond donors (Lipinski definition) is 1. The molecule has 0 aromatic carbocycles. The van der Waals surface area contributed by atoms with Crippen LogP contribution in [0.5, 0.6) is 0 Å². The number of nitrogens with one attached hydrogen (secondary N) is 1. The Morgan fingerprint density at radius 1 is 1.36 bits per heavy atom. The lowest BCUT2D eigenvalue weighted by Crippen LogP contribution is -2.45. The Kier molecular flexibility index (Phi) is 4.10. The molecule has 118 valence electrons. The van der Waals surface area contributed by atoms with E-state index in [0.29, 0.717) is 5.56 Å². The summed E-state index contributed by atoms with van der Waals surface area (Å²) in [6, 6.07) is 0.203. The van der Waals surface area contributed by atoms with Crippen molar-refractivity contribution in [2.24, 2.45) is 7.05 Å². The number of carbonyl (C=O) groups excluding carboxylic acids is 1. The van der Waals surface area contributed by atoms with Gasteiger partial charge in [0.25, 0.3) is 5.91 Å². The number of aryl methyl sites for hydroxylation is 2. The van der Waals surface area contributed by atoms with E-state index in [9.17, 15) is 4.79 Å². The molecule has 2 aromatic rings. The minimum atomic E-state index is -0.0168. The smallest absolute Gasteiger partial charge is 0.255 e. The van der Waals surface area contributed by atoms with Crippen molar-refractivity contribution in [3.63, 3.8) is 0 Å². The predicted octanol–water partition coefficient (Wildman–Crippen LogP) is 1.29. The first-order valence-corrected chi connectivity index (χ1v) is 8.13. The highest BCUT2D eigenvalue weighted by Gasteiger charge is 2.24. The van der Waals surface area contributed by atoms with Gasteiger partial charge >= 0.3 is 0 Å². The molecule has 1 saturated heterocycles. The van der Waals surface area contributed by atoms with E-state index in [1.54, 1.807) is 10.9 Å². The summed E-state index contributed by atoms with van der Waals surface area (Å²) in [4.78, 5) is 14.7. The van der Waals surface area contributed by atoms with E-state index in [4.69, 9.17) is 0 Å². The van der Waals surface area contributed by atoms with Gasteiger partial charge in [0.05, 0.1) is 29.2 Å². The summed E-state index contributed by atoms with van der Waals surface area (Å²) in [7, 11) is 1.86. The van der Waals surface area contributed by atoms with Crippen molar-refractivity contribution in [1.29, 1.82) is 0 Å². The van der Waals surface area contributed by atoms with Gasteiger partial charge in [-0.3, -0.25) is 9.48 Å². The molecular weight excluding hydrogens is 300 g/mol. The van der Waals surface area contributed by atoms with Crippen LogP contribution >= 0.6 is 11.7 Å². The number of piperidine rings is 1. The zero-order chi connectivity index (χ0) is 15.7. The second kappa shape index (κ2) is 6.04. The standard InChI is InChI=1S/C14H20N6OS/c1-9-13(10(2)19(3)17-9)14(21)16-11-4-6-20(7-5-11)12-8-15-22-18-12/h8,11H,4-7H2,1-3H3,(H,16,21). The molecular formula is C14H20N6OS. The molecule has 0 bridgehead atoms. The summed E-state index contributed by atoms with van der Waals surface area (Å²) >= 11 is 1.23. The normalized spacial score (nSPS) is 16.0. The fourth-order valence-corrected chi connectivity index (χ4v) is 3.35. The highest BCUT2D eigenvalue weighted by molar-refractivity contribution is 6.99. The molecule has 1 fully saturated rings. The van der Waals surface area contributed by atoms with Crippen LogP contribution < -0.4 is 10.2 Å². The maximum absolute atomic E-state index is 12.5. The Bertz CT molecular complexity index is 657. The summed E-state index contributed by atoms with van der Waals surface area (Å²) in [6.45, 7) is 5.58. The topological polar surface area (TPSA) is 75.9 Å². The highest BCUT2D eigenvalue weighted by Crippen LogP contribution is 2.19. The lowest BCUT2D eigenvalue weighted by Gasteiger charge is -2.32. The van der Waals surface area contributed by atoms with E-state index in [1.165, 1.54) is 11.7 Å². The molecule has 0 atom stereocenters. The zero-order valence-electron chi connectivity index (χ0n) is 13.0. The van der Waals surface area contributed by atoms with Crippen molar-refractivity contribution < 1.29 is 4.79 Å². The number of carbonyl (C=O) groups is 1. The van der Waals surface area contributed by atoms with Crippen LogP contribution in [0.3, 0.4) is 0 Å². The van der Waals surface area contributed by atoms with Gasteiger partial charge in [-0.05, 0) is 26.7 Å². The summed E-state index contributed by atoms with van der Waals surface area (Å²) in [5.41, 5.74) is 2.39. The SMILES string of the molecule is Cc1nn(C)c(C)c1C(=O)NC1CCN(c2cnsn2)CC1. The minimum absolute atomic E-state index is 0.0168. The number of nitrogens with zero attached hydrogens (tertiary/aromatic N) is 5. The third-order valence-corrected chi connectivity index (χ3v) is 4.71. The van der Waals surface area contributed by atoms with Crippen LogP contribution in [0.1, 0.15) is 34.6 Å². The van der Waals surface area contributed by atoms with E-state index in [-0.39, 0.29) is 11.9 Å². The van der Waals surface area contributed by atoms with E-state index in [1.807, 2.05) is 20.9 Å². The average Bonchev–Trinajstić information content (AvgIpc) is 3.09. The zero-order valence-corrected chi connectivity index (χ0v) is 13.9. The molecule has 0 radical (unpaired) electrons. The van der Waals surface area contributed by atoms with Crippen molar-refractivity contribution in [2.75, 3.05) is 18.0 Å². The summed E-state index contributed by atoms with van der Waals surface area (Å²) in [5, 5.41) is 7.45. The van der Waals surface area contributed by atoms with Gasteiger partial charge in [0.2, 0.25) is 0 Å². The van der Waals surface area contributed by atoms with Gasteiger partial charge in [0.15, 0.2) is 5.82 Å². The van der Waals surface area contributed by atoms with Crippen LogP contribution in [-0.4, -0.2) is 43.6 Å². The van der Waals surface area contributed by atoms with Crippen LogP contribution in [-0.2, 0) is 7.05 Å². The van der Waals surface area contributed by atoms with Gasteiger partial charge in [-0.15, -0.1) is 0 Å². The Balaban J connectivity index is 1.60. The van der Waals surface area contributed by atoms with Crippen molar-refractivity contribution in [3.8, 4) is 0 Å². The predicted molar refractivity (Wildman–Crippen MR) is 85.3 cm³/mol. The largest absolute Gasteiger partial charge is 0.354 e. The molecule has 1 amide bonds. The molecule has 8 heteroatoms. The first-order chi connectivity index (χ1) is 10.6. The van der Waals surface area contributed by atoms with Crippen LogP contribution in [0.2, 0.25) is 0 Å². The van der Waals surface area contributed by atoms with Gasteiger partial charge in [-0.1, -0.05) is 0 Å². The molecule has 2 aromatic heterocycles. The minimum Gasteiger partial charge on any atom is -0.354 e. The third-order valence-electron chi connectivity index (χ3n) is 4.24. The number of anilines is 1. The molecule has 1 N–H and O–H groups in total. The summed E-state index contributed by atoms with van der Waals surface area (Å²) in [5.74, 6) is 0.922. The van der Waals surface area contributed by atoms with Gasteiger partial charge < -0.3 is 10.2 Å². The maximum Gasteiger partial charge on any atom is 0.255 e. The second-order valence-corrected chi connectivity index (χ2v) is 6.23. The molecule has 0 unspecified atom stereocenters. The summed E-state index contributed by atoms with van der Waals surface area (Å²) in [6.07, 6.45) is 3.63. The van der Waals surface area contributed by atoms with Gasteiger partial charge in [0.1, 0.15) is 0 Å². The Labute approximate surface area is 133 Å². The first-order valence-electron chi connectivity index (χ1n) is 7.40. The first kappa shape index (κ1) is 15.0. The molecule has 3 heterocycles. The lowest BCUT2D eigenvalue weighted by molar-refractivity contribution is 0.0930. The maximum atomic E-state index is 12.5. The second-order valence-electron chi connectivity index (χ2n) is 5.67. The van der Waals surface area contributed by atoms with E-state index >= 15 is 0 Å². The van der Waals surface area contributed by atoms with Crippen LogP contribution in [0.4, 0.5) is 5.82 Å². The van der Waals surface area contributed by atoms with Crippen molar-refractivity contribution in [2.45, 2.75) is 32.7 Å². The van der Waals surface area contributed by atoms with Crippen LogP contribution in [0.25, 0.3) is 0 Å². The third kappa shape index (κ3) is 2.83. The molecule has 22 heavy (non-hydrogen) atoms. The number of amides is 1. The highest BCUT2D eigenvalue weighted by atomic mass is 32.1. The number of hydrogen-bond acceptors (Lipinski definition) is 6. The monoisotopic (exact) mass is 320 g/mol. The van der Waals surface area contributed by atoms with Gasteiger partial charge in [0, 0.05) is 31.9 Å². The molecule has 3 rings (SSSR count). The fourth-order valence-electron chi connectivity index (χ4n) is 2.91. The van der Waals surface area contributed by atoms with Gasteiger partial charge in [-0.25, -0.2) is 0 Å². The Hall–Kier alpha value is -1.96. The molecule has 1 aliphatic heterocycles. The Morgan fingerprint density at radius 3 is 2.64 bits per heavy atom. The molecule has 0 saturated carbocycles. The average molecular weight is 320 g/mol. The van der Waals surface area contributed by atoms with Crippen LogP contribution in [0.15, 0.2) is 6.20 Å². The van der Waals surface area contributed by atoms with Crippen molar-refractivity contribution in [3.05, 3.63) is 23.1 Å². The lowest BCUT2D eigenvalue weighted by atomic mass is 10.0. The molecule has 7 nitrogen and oxygen atoms in total.